The maximum Gasteiger partial charge on any atom is 0.204 e. The van der Waals surface area contributed by atoms with Crippen molar-refractivity contribution in [2.24, 2.45) is 16.5 Å². The predicted molar refractivity (Wildman–Crippen MR) is 150 cm³/mol. The minimum absolute atomic E-state index is 0.0541. The van der Waals surface area contributed by atoms with Crippen LogP contribution in [0.5, 0.6) is 17.2 Å². The Morgan fingerprint density at radius 3 is 1.47 bits per heavy atom. The highest BCUT2D eigenvalue weighted by molar-refractivity contribution is 5.96. The Hall–Kier alpha value is -4.98. The van der Waals surface area contributed by atoms with Crippen LogP contribution >= 0.6 is 0 Å². The van der Waals surface area contributed by atoms with Crippen LogP contribution in [0.2, 0.25) is 0 Å². The number of hydrogen-bond donors (Lipinski definition) is 3. The molecule has 194 valence electrons. The van der Waals surface area contributed by atoms with Gasteiger partial charge >= 0.3 is 0 Å². The third-order valence-electron chi connectivity index (χ3n) is 5.65. The summed E-state index contributed by atoms with van der Waals surface area (Å²) < 4.78 is 18.8. The molecule has 0 atom stereocenters. The quantitative estimate of drug-likeness (QED) is 0.200. The van der Waals surface area contributed by atoms with Crippen LogP contribution in [0.25, 0.3) is 0 Å². The van der Waals surface area contributed by atoms with Gasteiger partial charge in [0.05, 0.1) is 5.69 Å². The van der Waals surface area contributed by atoms with Crippen LogP contribution in [0.3, 0.4) is 0 Å². The number of nitrogens with one attached hydrogen (secondary N) is 1. The standard InChI is InChI=1S/C30H31N5O3/c1-35(29(31)32)30(33)34-25-17-26(36-19-22-11-5-2-6-12-22)28(38-21-24-15-9-4-10-16-24)27(18-25)37-20-23-13-7-3-8-14-23/h2-18H,19-21H2,1H3,(H3,31,32)(H2,33,34). The number of nitrogens with two attached hydrogens (primary N) is 2. The fourth-order valence-corrected chi connectivity index (χ4v) is 3.52. The van der Waals surface area contributed by atoms with Gasteiger partial charge in [-0.2, -0.15) is 0 Å². The zero-order valence-corrected chi connectivity index (χ0v) is 21.2. The molecule has 8 nitrogen and oxygen atoms in total. The molecule has 0 spiro atoms. The lowest BCUT2D eigenvalue weighted by Crippen LogP contribution is -2.42. The lowest BCUT2D eigenvalue weighted by Gasteiger charge is -2.19. The molecule has 4 aromatic rings. The van der Waals surface area contributed by atoms with E-state index in [0.717, 1.165) is 16.7 Å². The smallest absolute Gasteiger partial charge is 0.204 e. The summed E-state index contributed by atoms with van der Waals surface area (Å²) >= 11 is 0. The van der Waals surface area contributed by atoms with Crippen LogP contribution in [0.4, 0.5) is 5.69 Å². The first-order valence-corrected chi connectivity index (χ1v) is 12.1. The van der Waals surface area contributed by atoms with Crippen molar-refractivity contribution in [1.29, 1.82) is 5.41 Å². The molecule has 0 amide bonds. The summed E-state index contributed by atoms with van der Waals surface area (Å²) in [6, 6.07) is 33.0. The van der Waals surface area contributed by atoms with E-state index in [-0.39, 0.29) is 11.9 Å². The number of benzene rings is 4. The minimum Gasteiger partial charge on any atom is -0.485 e. The van der Waals surface area contributed by atoms with E-state index in [0.29, 0.717) is 42.8 Å². The molecule has 0 radical (unpaired) electrons. The second kappa shape index (κ2) is 12.8. The molecule has 0 aromatic heterocycles. The molecule has 8 heteroatoms. The second-order valence-corrected chi connectivity index (χ2v) is 8.51. The SMILES string of the molecule is CN(C(=N)N)C(N)=Nc1cc(OCc2ccccc2)c(OCc2ccccc2)c(OCc2ccccc2)c1. The second-order valence-electron chi connectivity index (χ2n) is 8.51. The Labute approximate surface area is 222 Å². The Balaban J connectivity index is 1.72. The summed E-state index contributed by atoms with van der Waals surface area (Å²) in [5.41, 5.74) is 15.1. The van der Waals surface area contributed by atoms with Crippen molar-refractivity contribution in [1.82, 2.24) is 4.90 Å². The van der Waals surface area contributed by atoms with Crippen LogP contribution in [-0.4, -0.2) is 23.9 Å². The molecule has 4 rings (SSSR count). The van der Waals surface area contributed by atoms with Gasteiger partial charge in [0, 0.05) is 19.2 Å². The first-order chi connectivity index (χ1) is 18.5. The summed E-state index contributed by atoms with van der Waals surface area (Å²) in [6.07, 6.45) is 0. The average molecular weight is 510 g/mol. The molecule has 0 aliphatic heterocycles. The molecule has 0 fully saturated rings. The molecule has 0 saturated carbocycles. The number of hydrogen-bond acceptors (Lipinski definition) is 5. The topological polar surface area (TPSA) is 119 Å². The van der Waals surface area contributed by atoms with Crippen molar-refractivity contribution in [3.63, 3.8) is 0 Å². The van der Waals surface area contributed by atoms with E-state index < -0.39 is 0 Å². The third-order valence-corrected chi connectivity index (χ3v) is 5.65. The number of ether oxygens (including phenoxy) is 3. The molecule has 4 aromatic carbocycles. The van der Waals surface area contributed by atoms with Gasteiger partial charge in [0.15, 0.2) is 17.5 Å². The summed E-state index contributed by atoms with van der Waals surface area (Å²) in [4.78, 5) is 5.73. The monoisotopic (exact) mass is 509 g/mol. The average Bonchev–Trinajstić information content (AvgIpc) is 2.95. The molecule has 0 aliphatic rings. The van der Waals surface area contributed by atoms with Crippen molar-refractivity contribution in [2.75, 3.05) is 7.05 Å². The molecule has 0 aliphatic carbocycles. The highest BCUT2D eigenvalue weighted by Gasteiger charge is 2.18. The van der Waals surface area contributed by atoms with E-state index in [1.807, 2.05) is 91.0 Å². The van der Waals surface area contributed by atoms with Gasteiger partial charge in [0.2, 0.25) is 11.7 Å². The van der Waals surface area contributed by atoms with Gasteiger partial charge < -0.3 is 25.7 Å². The van der Waals surface area contributed by atoms with Gasteiger partial charge in [-0.3, -0.25) is 10.3 Å². The van der Waals surface area contributed by atoms with E-state index in [1.54, 1.807) is 19.2 Å². The molecule has 38 heavy (non-hydrogen) atoms. The lowest BCUT2D eigenvalue weighted by atomic mass is 10.2. The van der Waals surface area contributed by atoms with Gasteiger partial charge in [-0.05, 0) is 16.7 Å². The molecule has 0 unspecified atom stereocenters. The zero-order chi connectivity index (χ0) is 26.7. The largest absolute Gasteiger partial charge is 0.485 e. The number of guanidine groups is 2. The number of rotatable bonds is 10. The maximum atomic E-state index is 7.65. The van der Waals surface area contributed by atoms with Crippen molar-refractivity contribution in [3.05, 3.63) is 120 Å². The fraction of sp³-hybridized carbons (Fsp3) is 0.133. The third kappa shape index (κ3) is 7.27. The fourth-order valence-electron chi connectivity index (χ4n) is 3.52. The maximum absolute atomic E-state index is 7.65. The van der Waals surface area contributed by atoms with Crippen molar-refractivity contribution in [2.45, 2.75) is 19.8 Å². The van der Waals surface area contributed by atoms with Crippen LogP contribution in [-0.2, 0) is 19.8 Å². The molecule has 0 saturated heterocycles. The molecule has 0 bridgehead atoms. The molecular weight excluding hydrogens is 478 g/mol. The Morgan fingerprint density at radius 2 is 1.08 bits per heavy atom. The summed E-state index contributed by atoms with van der Waals surface area (Å²) in [5, 5.41) is 7.65. The van der Waals surface area contributed by atoms with Gasteiger partial charge in [0.25, 0.3) is 0 Å². The first kappa shape index (κ1) is 26.1. The van der Waals surface area contributed by atoms with Crippen molar-refractivity contribution < 1.29 is 14.2 Å². The van der Waals surface area contributed by atoms with Gasteiger partial charge in [-0.25, -0.2) is 4.99 Å². The van der Waals surface area contributed by atoms with E-state index in [9.17, 15) is 0 Å². The Morgan fingerprint density at radius 1 is 0.684 bits per heavy atom. The predicted octanol–water partition coefficient (Wildman–Crippen LogP) is 5.20. The zero-order valence-electron chi connectivity index (χ0n) is 21.2. The van der Waals surface area contributed by atoms with Crippen LogP contribution < -0.4 is 25.7 Å². The number of aliphatic imine (C=N–C) groups is 1. The van der Waals surface area contributed by atoms with Crippen molar-refractivity contribution in [3.8, 4) is 17.2 Å². The number of nitrogens with zero attached hydrogens (tertiary/aromatic N) is 2. The summed E-state index contributed by atoms with van der Waals surface area (Å²) in [6.45, 7) is 0.954. The van der Waals surface area contributed by atoms with Gasteiger partial charge in [-0.1, -0.05) is 91.0 Å². The molecule has 5 N–H and O–H groups in total. The summed E-state index contributed by atoms with van der Waals surface area (Å²) in [7, 11) is 1.57. The van der Waals surface area contributed by atoms with E-state index in [4.69, 9.17) is 31.1 Å². The van der Waals surface area contributed by atoms with Crippen LogP contribution in [0.1, 0.15) is 16.7 Å². The van der Waals surface area contributed by atoms with Gasteiger partial charge in [-0.15, -0.1) is 0 Å². The van der Waals surface area contributed by atoms with E-state index in [2.05, 4.69) is 4.99 Å². The van der Waals surface area contributed by atoms with Crippen LogP contribution in [0.15, 0.2) is 108 Å². The van der Waals surface area contributed by atoms with Crippen molar-refractivity contribution >= 4 is 17.6 Å². The van der Waals surface area contributed by atoms with E-state index in [1.165, 1.54) is 4.90 Å². The Kier molecular flexibility index (Phi) is 8.80. The van der Waals surface area contributed by atoms with Crippen LogP contribution in [0, 0.1) is 5.41 Å². The summed E-state index contributed by atoms with van der Waals surface area (Å²) in [5.74, 6) is 1.19. The normalized spacial score (nSPS) is 11.0. The van der Waals surface area contributed by atoms with Gasteiger partial charge in [0.1, 0.15) is 19.8 Å². The first-order valence-electron chi connectivity index (χ1n) is 12.1. The molecular formula is C30H31N5O3. The highest BCUT2D eigenvalue weighted by Crippen LogP contribution is 2.43. The van der Waals surface area contributed by atoms with E-state index >= 15 is 0 Å². The minimum atomic E-state index is -0.227. The Bertz CT molecular complexity index is 1300. The molecule has 0 heterocycles. The highest BCUT2D eigenvalue weighted by atomic mass is 16.5. The lowest BCUT2D eigenvalue weighted by molar-refractivity contribution is 0.230.